The molecule has 0 unspecified atom stereocenters. The Hall–Kier alpha value is -1.58. The van der Waals surface area contributed by atoms with Crippen molar-refractivity contribution in [2.75, 3.05) is 6.61 Å². The highest BCUT2D eigenvalue weighted by molar-refractivity contribution is 6.23. The molecule has 4 heteroatoms. The summed E-state index contributed by atoms with van der Waals surface area (Å²) in [4.78, 5) is 17.3. The van der Waals surface area contributed by atoms with Gasteiger partial charge < -0.3 is 9.94 Å². The van der Waals surface area contributed by atoms with Crippen molar-refractivity contribution in [3.8, 4) is 0 Å². The van der Waals surface area contributed by atoms with Crippen molar-refractivity contribution in [1.29, 1.82) is 0 Å². The van der Waals surface area contributed by atoms with Crippen LogP contribution in [0.2, 0.25) is 0 Å². The highest BCUT2D eigenvalue weighted by Gasteiger charge is 2.35. The number of nitrogens with zero attached hydrogens (tertiary/aromatic N) is 1. The Morgan fingerprint density at radius 3 is 2.74 bits per heavy atom. The molecular weight excluding hydrogens is 242 g/mol. The SMILES string of the molecule is C=CCON=C(CCC)C1=C(O)CC(C)(C)CC1=O. The monoisotopic (exact) mass is 265 g/mol. The average Bonchev–Trinajstić information content (AvgIpc) is 2.26. The molecular formula is C15H23NO3. The predicted molar refractivity (Wildman–Crippen MR) is 76.2 cm³/mol. The Morgan fingerprint density at radius 1 is 1.53 bits per heavy atom. The van der Waals surface area contributed by atoms with Crippen LogP contribution in [-0.4, -0.2) is 23.2 Å². The van der Waals surface area contributed by atoms with Gasteiger partial charge in [0.1, 0.15) is 12.4 Å². The summed E-state index contributed by atoms with van der Waals surface area (Å²) in [5.74, 6) is 0.0822. The Balaban J connectivity index is 3.03. The second-order valence-corrected chi connectivity index (χ2v) is 5.64. The summed E-state index contributed by atoms with van der Waals surface area (Å²) in [5, 5.41) is 14.1. The van der Waals surface area contributed by atoms with Gasteiger partial charge in [0.05, 0.1) is 11.3 Å². The van der Waals surface area contributed by atoms with Gasteiger partial charge in [-0.05, 0) is 11.8 Å². The molecule has 4 nitrogen and oxygen atoms in total. The van der Waals surface area contributed by atoms with E-state index in [-0.39, 0.29) is 17.0 Å². The van der Waals surface area contributed by atoms with Gasteiger partial charge >= 0.3 is 0 Å². The molecule has 0 fully saturated rings. The number of hydrogen-bond acceptors (Lipinski definition) is 4. The zero-order valence-corrected chi connectivity index (χ0v) is 12.0. The zero-order chi connectivity index (χ0) is 14.5. The van der Waals surface area contributed by atoms with Gasteiger partial charge in [-0.25, -0.2) is 0 Å². The van der Waals surface area contributed by atoms with Gasteiger partial charge in [0.15, 0.2) is 5.78 Å². The van der Waals surface area contributed by atoms with Gasteiger partial charge in [-0.15, -0.1) is 0 Å². The molecule has 0 radical (unpaired) electrons. The third-order valence-corrected chi connectivity index (χ3v) is 3.00. The van der Waals surface area contributed by atoms with Crippen LogP contribution in [0.25, 0.3) is 0 Å². The molecule has 106 valence electrons. The van der Waals surface area contributed by atoms with Crippen LogP contribution in [-0.2, 0) is 9.63 Å². The molecule has 1 rings (SSSR count). The first kappa shape index (κ1) is 15.5. The number of allylic oxidation sites excluding steroid dienone is 2. The van der Waals surface area contributed by atoms with Gasteiger partial charge in [-0.1, -0.05) is 45.0 Å². The molecule has 0 saturated heterocycles. The maximum absolute atomic E-state index is 12.2. The third-order valence-electron chi connectivity index (χ3n) is 3.00. The maximum atomic E-state index is 12.2. The van der Waals surface area contributed by atoms with Crippen molar-refractivity contribution < 1.29 is 14.7 Å². The Bertz CT molecular complexity index is 419. The minimum atomic E-state index is -0.191. The van der Waals surface area contributed by atoms with E-state index in [2.05, 4.69) is 11.7 Å². The highest BCUT2D eigenvalue weighted by Crippen LogP contribution is 2.36. The lowest BCUT2D eigenvalue weighted by Crippen LogP contribution is -2.29. The first-order chi connectivity index (χ1) is 8.91. The number of aliphatic hydroxyl groups excluding tert-OH is 1. The minimum Gasteiger partial charge on any atom is -0.511 e. The summed E-state index contributed by atoms with van der Waals surface area (Å²) >= 11 is 0. The van der Waals surface area contributed by atoms with E-state index in [4.69, 9.17) is 4.84 Å². The zero-order valence-electron chi connectivity index (χ0n) is 12.0. The summed E-state index contributed by atoms with van der Waals surface area (Å²) in [6.45, 7) is 9.78. The highest BCUT2D eigenvalue weighted by atomic mass is 16.6. The number of rotatable bonds is 6. The van der Waals surface area contributed by atoms with Crippen LogP contribution in [0.3, 0.4) is 0 Å². The van der Waals surface area contributed by atoms with Gasteiger partial charge in [0.25, 0.3) is 0 Å². The number of ketones is 1. The van der Waals surface area contributed by atoms with Crippen LogP contribution < -0.4 is 0 Å². The fourth-order valence-corrected chi connectivity index (χ4v) is 2.24. The summed E-state index contributed by atoms with van der Waals surface area (Å²) in [6, 6.07) is 0. The summed E-state index contributed by atoms with van der Waals surface area (Å²) < 4.78 is 0. The van der Waals surface area contributed by atoms with Crippen molar-refractivity contribution in [3.63, 3.8) is 0 Å². The van der Waals surface area contributed by atoms with Crippen LogP contribution in [0.4, 0.5) is 0 Å². The third kappa shape index (κ3) is 4.23. The normalized spacial score (nSPS) is 19.5. The van der Waals surface area contributed by atoms with Gasteiger partial charge in [0, 0.05) is 12.8 Å². The molecule has 0 heterocycles. The fourth-order valence-electron chi connectivity index (χ4n) is 2.24. The number of oxime groups is 1. The molecule has 0 aromatic carbocycles. The van der Waals surface area contributed by atoms with Crippen LogP contribution in [0.5, 0.6) is 0 Å². The molecule has 1 N–H and O–H groups in total. The molecule has 0 bridgehead atoms. The molecule has 0 aromatic rings. The maximum Gasteiger partial charge on any atom is 0.168 e. The number of hydrogen-bond donors (Lipinski definition) is 1. The van der Waals surface area contributed by atoms with Crippen LogP contribution >= 0.6 is 0 Å². The Kier molecular flexibility index (Phi) is 5.33. The van der Waals surface area contributed by atoms with E-state index in [0.717, 1.165) is 6.42 Å². The number of carbonyl (C=O) groups excluding carboxylic acids is 1. The largest absolute Gasteiger partial charge is 0.511 e. The van der Waals surface area contributed by atoms with Crippen molar-refractivity contribution in [2.24, 2.45) is 10.6 Å². The lowest BCUT2D eigenvalue weighted by atomic mass is 9.75. The van der Waals surface area contributed by atoms with Crippen LogP contribution in [0.1, 0.15) is 46.5 Å². The van der Waals surface area contributed by atoms with Gasteiger partial charge in [-0.2, -0.15) is 0 Å². The molecule has 0 amide bonds. The smallest absolute Gasteiger partial charge is 0.168 e. The Labute approximate surface area is 114 Å². The molecule has 0 saturated carbocycles. The molecule has 0 aliphatic heterocycles. The first-order valence-corrected chi connectivity index (χ1v) is 6.66. The number of Topliss-reactive ketones (excluding diaryl/α,β-unsaturated/α-hetero) is 1. The fraction of sp³-hybridized carbons (Fsp3) is 0.600. The number of aliphatic hydroxyl groups is 1. The van der Waals surface area contributed by atoms with Crippen LogP contribution in [0.15, 0.2) is 29.1 Å². The van der Waals surface area contributed by atoms with E-state index in [1.807, 2.05) is 20.8 Å². The van der Waals surface area contributed by atoms with Crippen molar-refractivity contribution in [1.82, 2.24) is 0 Å². The molecule has 19 heavy (non-hydrogen) atoms. The summed E-state index contributed by atoms with van der Waals surface area (Å²) in [7, 11) is 0. The molecule has 0 atom stereocenters. The van der Waals surface area contributed by atoms with Gasteiger partial charge in [-0.3, -0.25) is 4.79 Å². The van der Waals surface area contributed by atoms with E-state index in [0.29, 0.717) is 37.2 Å². The molecule has 1 aliphatic carbocycles. The first-order valence-electron chi connectivity index (χ1n) is 6.66. The van der Waals surface area contributed by atoms with E-state index < -0.39 is 0 Å². The summed E-state index contributed by atoms with van der Waals surface area (Å²) in [6.07, 6.45) is 3.97. The number of carbonyl (C=O) groups is 1. The predicted octanol–water partition coefficient (Wildman–Crippen LogP) is 3.55. The topological polar surface area (TPSA) is 58.9 Å². The molecule has 1 aliphatic rings. The van der Waals surface area contributed by atoms with Gasteiger partial charge in [0.2, 0.25) is 0 Å². The van der Waals surface area contributed by atoms with E-state index in [1.165, 1.54) is 0 Å². The quantitative estimate of drug-likeness (QED) is 0.346. The van der Waals surface area contributed by atoms with E-state index in [1.54, 1.807) is 6.08 Å². The van der Waals surface area contributed by atoms with Crippen molar-refractivity contribution in [2.45, 2.75) is 46.5 Å². The Morgan fingerprint density at radius 2 is 2.21 bits per heavy atom. The lowest BCUT2D eigenvalue weighted by Gasteiger charge is -2.29. The molecule has 0 spiro atoms. The molecule has 0 aromatic heterocycles. The van der Waals surface area contributed by atoms with E-state index >= 15 is 0 Å². The second-order valence-electron chi connectivity index (χ2n) is 5.64. The van der Waals surface area contributed by atoms with Crippen LogP contribution in [0, 0.1) is 5.41 Å². The van der Waals surface area contributed by atoms with Crippen molar-refractivity contribution >= 4 is 11.5 Å². The standard InChI is InChI=1S/C15H23NO3/c1-5-7-11(16-19-8-6-2)14-12(17)9-15(3,4)10-13(14)18/h6,17H,2,5,7-10H2,1,3-4H3. The lowest BCUT2D eigenvalue weighted by molar-refractivity contribution is -0.118. The van der Waals surface area contributed by atoms with E-state index in [9.17, 15) is 9.90 Å². The minimum absolute atomic E-state index is 0.0526. The van der Waals surface area contributed by atoms with Crippen molar-refractivity contribution in [3.05, 3.63) is 24.0 Å². The average molecular weight is 265 g/mol. The summed E-state index contributed by atoms with van der Waals surface area (Å²) in [5.41, 5.74) is 0.705. The second kappa shape index (κ2) is 6.55.